The van der Waals surface area contributed by atoms with Crippen molar-refractivity contribution in [3.8, 4) is 0 Å². The second-order valence-electron chi connectivity index (χ2n) is 7.86. The molecule has 2 aliphatic heterocycles. The van der Waals surface area contributed by atoms with E-state index in [1.807, 2.05) is 0 Å². The molecule has 2 heterocycles. The Morgan fingerprint density at radius 1 is 1.08 bits per heavy atom. The van der Waals surface area contributed by atoms with E-state index in [-0.39, 0.29) is 29.4 Å². The Morgan fingerprint density at radius 2 is 1.76 bits per heavy atom. The van der Waals surface area contributed by atoms with E-state index in [2.05, 4.69) is 93.5 Å². The highest BCUT2D eigenvalue weighted by Crippen LogP contribution is 2.37. The summed E-state index contributed by atoms with van der Waals surface area (Å²) >= 11 is 0. The summed E-state index contributed by atoms with van der Waals surface area (Å²) in [6.07, 6.45) is 5.89. The number of benzene rings is 2. The lowest BCUT2D eigenvalue weighted by molar-refractivity contribution is -0.828. The van der Waals surface area contributed by atoms with Crippen LogP contribution in [0.4, 0.5) is 11.4 Å². The molecule has 3 heteroatoms. The van der Waals surface area contributed by atoms with Gasteiger partial charge in [0.2, 0.25) is 0 Å². The number of nitrogens with one attached hydrogen (secondary N) is 1. The highest BCUT2D eigenvalue weighted by molar-refractivity contribution is 5.61. The van der Waals surface area contributed by atoms with E-state index in [4.69, 9.17) is 0 Å². The molecule has 0 fully saturated rings. The molecule has 0 saturated carbocycles. The van der Waals surface area contributed by atoms with Gasteiger partial charge >= 0.3 is 0 Å². The normalized spacial score (nSPS) is 26.4. The van der Waals surface area contributed by atoms with Crippen LogP contribution in [0.3, 0.4) is 0 Å². The molecule has 2 aliphatic rings. The predicted molar refractivity (Wildman–Crippen MR) is 101 cm³/mol. The van der Waals surface area contributed by atoms with Crippen LogP contribution in [0.2, 0.25) is 0 Å². The number of anilines is 1. The van der Waals surface area contributed by atoms with Gasteiger partial charge in [0.1, 0.15) is 11.7 Å². The summed E-state index contributed by atoms with van der Waals surface area (Å²) in [7, 11) is 2.30. The number of halogens is 1. The van der Waals surface area contributed by atoms with E-state index in [1.165, 1.54) is 27.4 Å². The van der Waals surface area contributed by atoms with Crippen LogP contribution in [0.1, 0.15) is 31.9 Å². The molecule has 1 N–H and O–H groups in total. The lowest BCUT2D eigenvalue weighted by Crippen LogP contribution is -3.07. The lowest BCUT2D eigenvalue weighted by atomic mass is 9.80. The number of quaternary nitrogens is 1. The largest absolute Gasteiger partial charge is 1.00 e. The predicted octanol–water partition coefficient (Wildman–Crippen LogP) is 0.462. The van der Waals surface area contributed by atoms with Crippen LogP contribution < -0.4 is 33.8 Å². The van der Waals surface area contributed by atoms with Gasteiger partial charge in [-0.2, -0.15) is 0 Å². The van der Waals surface area contributed by atoms with Crippen LogP contribution in [0, 0.1) is 0 Å². The number of hydrogen-bond acceptors (Lipinski definition) is 1. The minimum atomic E-state index is 0. The van der Waals surface area contributed by atoms with E-state index in [9.17, 15) is 0 Å². The molecule has 2 nitrogen and oxygen atoms in total. The molecule has 0 amide bonds. The molecule has 3 unspecified atom stereocenters. The van der Waals surface area contributed by atoms with Gasteiger partial charge in [-0.05, 0) is 51.0 Å². The average Bonchev–Trinajstić information content (AvgIpc) is 2.99. The van der Waals surface area contributed by atoms with Crippen molar-refractivity contribution >= 4 is 11.4 Å². The van der Waals surface area contributed by atoms with Gasteiger partial charge in [-0.25, -0.2) is 0 Å². The third kappa shape index (κ3) is 2.91. The lowest BCUT2D eigenvalue weighted by Gasteiger charge is -2.27. The SMILES string of the molecule is CC1Cc2ccccc2N1C=CC1[NH+](C)c2ccccc2C1(C)C.[I-]. The maximum absolute atomic E-state index is 2.45. The van der Waals surface area contributed by atoms with Crippen LogP contribution in [0.15, 0.2) is 60.8 Å². The van der Waals surface area contributed by atoms with Gasteiger partial charge in [0.05, 0.1) is 12.5 Å². The summed E-state index contributed by atoms with van der Waals surface area (Å²) in [6.45, 7) is 7.06. The number of hydrogen-bond donors (Lipinski definition) is 1. The van der Waals surface area contributed by atoms with Crippen molar-refractivity contribution < 1.29 is 28.9 Å². The van der Waals surface area contributed by atoms with Crippen molar-refractivity contribution in [2.75, 3.05) is 11.9 Å². The van der Waals surface area contributed by atoms with Crippen LogP contribution in [0.25, 0.3) is 0 Å². The fraction of sp³-hybridized carbons (Fsp3) is 0.364. The smallest absolute Gasteiger partial charge is 0.135 e. The molecule has 0 radical (unpaired) electrons. The summed E-state index contributed by atoms with van der Waals surface area (Å²) in [4.78, 5) is 3.94. The monoisotopic (exact) mass is 446 g/mol. The van der Waals surface area contributed by atoms with Gasteiger partial charge in [-0.1, -0.05) is 36.4 Å². The molecule has 0 aromatic heterocycles. The standard InChI is InChI=1S/C22H26N2.HI/c1-16-15-17-9-5-7-11-19(17)24(16)14-13-21-22(2,3)18-10-6-8-12-20(18)23(21)4;/h5-14,16,21H,15H2,1-4H3;1H. The number of para-hydroxylation sites is 2. The Bertz CT molecular complexity index is 796. The van der Waals surface area contributed by atoms with E-state index in [1.54, 1.807) is 0 Å². The first-order chi connectivity index (χ1) is 11.5. The molecule has 4 rings (SSSR count). The maximum Gasteiger partial charge on any atom is 0.135 e. The Labute approximate surface area is 168 Å². The first-order valence-corrected chi connectivity index (χ1v) is 8.98. The molecular formula is C22H27IN2. The van der Waals surface area contributed by atoms with E-state index < -0.39 is 0 Å². The van der Waals surface area contributed by atoms with E-state index in [0.717, 1.165) is 6.42 Å². The van der Waals surface area contributed by atoms with Gasteiger partial charge in [0, 0.05) is 23.5 Å². The van der Waals surface area contributed by atoms with Gasteiger partial charge in [-0.3, -0.25) is 4.90 Å². The number of rotatable bonds is 2. The zero-order valence-corrected chi connectivity index (χ0v) is 17.6. The fourth-order valence-electron chi connectivity index (χ4n) is 4.65. The number of nitrogens with zero attached hydrogens (tertiary/aromatic N) is 1. The van der Waals surface area contributed by atoms with Crippen molar-refractivity contribution in [3.05, 3.63) is 71.9 Å². The van der Waals surface area contributed by atoms with Gasteiger partial charge in [0.25, 0.3) is 0 Å². The minimum absolute atomic E-state index is 0. The maximum atomic E-state index is 2.45. The van der Waals surface area contributed by atoms with Gasteiger partial charge in [0.15, 0.2) is 0 Å². The quantitative estimate of drug-likeness (QED) is 0.659. The first-order valence-electron chi connectivity index (χ1n) is 8.98. The van der Waals surface area contributed by atoms with E-state index in [0.29, 0.717) is 12.1 Å². The molecule has 0 aliphatic carbocycles. The van der Waals surface area contributed by atoms with E-state index >= 15 is 0 Å². The van der Waals surface area contributed by atoms with Crippen LogP contribution >= 0.6 is 0 Å². The summed E-state index contributed by atoms with van der Waals surface area (Å²) in [6, 6.07) is 18.7. The molecule has 25 heavy (non-hydrogen) atoms. The molecule has 3 atom stereocenters. The summed E-state index contributed by atoms with van der Waals surface area (Å²) in [5, 5.41) is 0. The molecule has 132 valence electrons. The summed E-state index contributed by atoms with van der Waals surface area (Å²) in [5.74, 6) is 0. The van der Waals surface area contributed by atoms with Gasteiger partial charge < -0.3 is 28.9 Å². The zero-order chi connectivity index (χ0) is 16.9. The molecule has 0 saturated heterocycles. The van der Waals surface area contributed by atoms with Crippen molar-refractivity contribution in [1.29, 1.82) is 0 Å². The Morgan fingerprint density at radius 3 is 2.52 bits per heavy atom. The van der Waals surface area contributed by atoms with Crippen molar-refractivity contribution in [2.24, 2.45) is 0 Å². The average molecular weight is 446 g/mol. The van der Waals surface area contributed by atoms with Gasteiger partial charge in [-0.15, -0.1) is 0 Å². The number of fused-ring (bicyclic) bond motifs is 2. The highest BCUT2D eigenvalue weighted by Gasteiger charge is 2.46. The van der Waals surface area contributed by atoms with Crippen molar-refractivity contribution in [1.82, 2.24) is 0 Å². The molecule has 0 spiro atoms. The van der Waals surface area contributed by atoms with Crippen LogP contribution in [-0.4, -0.2) is 19.1 Å². The Hall–Kier alpha value is -1.33. The first kappa shape index (κ1) is 18.5. The highest BCUT2D eigenvalue weighted by atomic mass is 127. The fourth-order valence-corrected chi connectivity index (χ4v) is 4.65. The molecule has 0 bridgehead atoms. The molecule has 2 aromatic carbocycles. The Balaban J connectivity index is 0.00000182. The second-order valence-corrected chi connectivity index (χ2v) is 7.86. The molecule has 2 aromatic rings. The minimum Gasteiger partial charge on any atom is -1.00 e. The molecular weight excluding hydrogens is 419 g/mol. The van der Waals surface area contributed by atoms with Crippen LogP contribution in [-0.2, 0) is 11.8 Å². The second kappa shape index (κ2) is 6.76. The zero-order valence-electron chi connectivity index (χ0n) is 15.5. The third-order valence-corrected chi connectivity index (χ3v) is 5.99. The summed E-state index contributed by atoms with van der Waals surface area (Å²) < 4.78 is 0. The van der Waals surface area contributed by atoms with Crippen LogP contribution in [0.5, 0.6) is 0 Å². The summed E-state index contributed by atoms with van der Waals surface area (Å²) in [5.41, 5.74) is 5.90. The topological polar surface area (TPSA) is 7.68 Å². The van der Waals surface area contributed by atoms with Crippen molar-refractivity contribution in [2.45, 2.75) is 44.7 Å². The third-order valence-electron chi connectivity index (χ3n) is 5.99. The van der Waals surface area contributed by atoms with Crippen molar-refractivity contribution in [3.63, 3.8) is 0 Å². The number of likely N-dealkylation sites (N-methyl/N-ethyl adjacent to an activating group) is 1. The Kier molecular flexibility index (Phi) is 5.00.